The third-order valence-corrected chi connectivity index (χ3v) is 5.28. The Morgan fingerprint density at radius 3 is 1.47 bits per heavy atom. The first-order valence-corrected chi connectivity index (χ1v) is 12.9. The van der Waals surface area contributed by atoms with E-state index in [1.165, 1.54) is 83.5 Å². The van der Waals surface area contributed by atoms with E-state index in [-0.39, 0.29) is 0 Å². The van der Waals surface area contributed by atoms with E-state index in [9.17, 15) is 4.79 Å². The van der Waals surface area contributed by atoms with Crippen molar-refractivity contribution < 1.29 is 14.3 Å². The van der Waals surface area contributed by atoms with Crippen molar-refractivity contribution in [3.63, 3.8) is 0 Å². The van der Waals surface area contributed by atoms with Gasteiger partial charge < -0.3 is 9.47 Å². The predicted octanol–water partition coefficient (Wildman–Crippen LogP) is 9.31. The van der Waals surface area contributed by atoms with Gasteiger partial charge in [-0.3, -0.25) is 0 Å². The summed E-state index contributed by atoms with van der Waals surface area (Å²) in [5.74, 6) is 0. The standard InChI is InChI=1S/C27H50O3/c1-3-5-7-9-11-12-13-14-15-16-17-18-19-20-22-24-26-30-27(28)29-25-23-21-10-8-6-4-2/h11-12,14-15H,3-10,13,16-26H2,1-2H3. The molecule has 0 saturated carbocycles. The quantitative estimate of drug-likeness (QED) is 0.0990. The summed E-state index contributed by atoms with van der Waals surface area (Å²) in [7, 11) is 0. The van der Waals surface area contributed by atoms with Crippen molar-refractivity contribution in [2.24, 2.45) is 0 Å². The fraction of sp³-hybridized carbons (Fsp3) is 0.815. The van der Waals surface area contributed by atoms with E-state index in [1.807, 2.05) is 0 Å². The number of hydrogen-bond acceptors (Lipinski definition) is 3. The molecule has 0 heterocycles. The lowest BCUT2D eigenvalue weighted by Crippen LogP contribution is -2.09. The molecule has 0 aromatic carbocycles. The highest BCUT2D eigenvalue weighted by atomic mass is 16.7. The van der Waals surface area contributed by atoms with Gasteiger partial charge in [0.2, 0.25) is 0 Å². The van der Waals surface area contributed by atoms with Gasteiger partial charge in [0.15, 0.2) is 0 Å². The first-order valence-electron chi connectivity index (χ1n) is 12.9. The Kier molecular flexibility index (Phi) is 24.7. The number of unbranched alkanes of at least 4 members (excludes halogenated alkanes) is 14. The second kappa shape index (κ2) is 25.8. The van der Waals surface area contributed by atoms with Crippen LogP contribution in [0.3, 0.4) is 0 Å². The van der Waals surface area contributed by atoms with Crippen molar-refractivity contribution >= 4 is 6.16 Å². The molecule has 0 aliphatic heterocycles. The molecule has 0 atom stereocenters. The Hall–Kier alpha value is -1.25. The molecule has 0 radical (unpaired) electrons. The first-order chi connectivity index (χ1) is 14.8. The average Bonchev–Trinajstić information content (AvgIpc) is 2.75. The Balaban J connectivity index is 3.23. The SMILES string of the molecule is CCCCCC=CCC=CCCCCCCCCOC(=O)OCCCCCCCC. The Morgan fingerprint density at radius 1 is 0.533 bits per heavy atom. The number of hydrogen-bond donors (Lipinski definition) is 0. The van der Waals surface area contributed by atoms with Crippen LogP contribution in [0.25, 0.3) is 0 Å². The van der Waals surface area contributed by atoms with Crippen molar-refractivity contribution in [2.45, 2.75) is 129 Å². The van der Waals surface area contributed by atoms with Crippen LogP contribution in [0.15, 0.2) is 24.3 Å². The number of allylic oxidation sites excluding steroid dienone is 4. The van der Waals surface area contributed by atoms with E-state index in [4.69, 9.17) is 9.47 Å². The minimum absolute atomic E-state index is 0.490. The monoisotopic (exact) mass is 422 g/mol. The molecule has 0 spiro atoms. The second-order valence-corrected chi connectivity index (χ2v) is 8.30. The average molecular weight is 423 g/mol. The molecule has 0 aliphatic carbocycles. The molecular weight excluding hydrogens is 372 g/mol. The highest BCUT2D eigenvalue weighted by Crippen LogP contribution is 2.09. The molecule has 3 nitrogen and oxygen atoms in total. The van der Waals surface area contributed by atoms with Crippen LogP contribution >= 0.6 is 0 Å². The molecule has 0 amide bonds. The smallest absolute Gasteiger partial charge is 0.434 e. The number of carbonyl (C=O) groups excluding carboxylic acids is 1. The third kappa shape index (κ3) is 24.8. The zero-order chi connectivity index (χ0) is 22.0. The molecule has 0 aliphatic rings. The molecule has 30 heavy (non-hydrogen) atoms. The van der Waals surface area contributed by atoms with Gasteiger partial charge >= 0.3 is 6.16 Å². The lowest BCUT2D eigenvalue weighted by atomic mass is 10.1. The van der Waals surface area contributed by atoms with Crippen molar-refractivity contribution in [3.8, 4) is 0 Å². The van der Waals surface area contributed by atoms with Crippen LogP contribution in [0, 0.1) is 0 Å². The Labute approximate surface area is 187 Å². The van der Waals surface area contributed by atoms with E-state index in [0.717, 1.165) is 32.1 Å². The minimum Gasteiger partial charge on any atom is -0.434 e. The van der Waals surface area contributed by atoms with Crippen molar-refractivity contribution in [3.05, 3.63) is 24.3 Å². The van der Waals surface area contributed by atoms with E-state index >= 15 is 0 Å². The highest BCUT2D eigenvalue weighted by molar-refractivity contribution is 5.59. The molecule has 0 unspecified atom stereocenters. The van der Waals surface area contributed by atoms with E-state index in [0.29, 0.717) is 13.2 Å². The summed E-state index contributed by atoms with van der Waals surface area (Å²) in [6, 6.07) is 0. The van der Waals surface area contributed by atoms with E-state index in [1.54, 1.807) is 0 Å². The third-order valence-electron chi connectivity index (χ3n) is 5.28. The van der Waals surface area contributed by atoms with Crippen LogP contribution in [-0.2, 0) is 9.47 Å². The molecule has 0 fully saturated rings. The van der Waals surface area contributed by atoms with Crippen LogP contribution in [0.5, 0.6) is 0 Å². The summed E-state index contributed by atoms with van der Waals surface area (Å²) >= 11 is 0. The molecule has 0 saturated heterocycles. The van der Waals surface area contributed by atoms with Crippen LogP contribution in [-0.4, -0.2) is 19.4 Å². The summed E-state index contributed by atoms with van der Waals surface area (Å²) in [5, 5.41) is 0. The van der Waals surface area contributed by atoms with Gasteiger partial charge in [0.25, 0.3) is 0 Å². The van der Waals surface area contributed by atoms with Crippen LogP contribution < -0.4 is 0 Å². The normalized spacial score (nSPS) is 11.5. The fourth-order valence-corrected chi connectivity index (χ4v) is 3.33. The molecule has 0 bridgehead atoms. The number of carbonyl (C=O) groups is 1. The first kappa shape index (κ1) is 28.8. The van der Waals surface area contributed by atoms with Crippen molar-refractivity contribution in [1.82, 2.24) is 0 Å². The summed E-state index contributed by atoms with van der Waals surface area (Å²) in [5.41, 5.74) is 0. The van der Waals surface area contributed by atoms with Gasteiger partial charge in [0, 0.05) is 0 Å². The zero-order valence-corrected chi connectivity index (χ0v) is 20.2. The van der Waals surface area contributed by atoms with Gasteiger partial charge in [0.05, 0.1) is 13.2 Å². The van der Waals surface area contributed by atoms with E-state index in [2.05, 4.69) is 38.2 Å². The van der Waals surface area contributed by atoms with Crippen LogP contribution in [0.1, 0.15) is 129 Å². The second-order valence-electron chi connectivity index (χ2n) is 8.30. The topological polar surface area (TPSA) is 35.5 Å². The summed E-state index contributed by atoms with van der Waals surface area (Å²) < 4.78 is 10.2. The van der Waals surface area contributed by atoms with Gasteiger partial charge in [-0.15, -0.1) is 0 Å². The van der Waals surface area contributed by atoms with Crippen LogP contribution in [0.4, 0.5) is 4.79 Å². The molecule has 0 aromatic rings. The Morgan fingerprint density at radius 2 is 0.933 bits per heavy atom. The maximum atomic E-state index is 11.5. The number of ether oxygens (including phenoxy) is 2. The molecular formula is C27H50O3. The lowest BCUT2D eigenvalue weighted by molar-refractivity contribution is 0.0529. The van der Waals surface area contributed by atoms with E-state index < -0.39 is 6.16 Å². The van der Waals surface area contributed by atoms with Gasteiger partial charge in [-0.25, -0.2) is 4.79 Å². The van der Waals surface area contributed by atoms with Gasteiger partial charge in [0.1, 0.15) is 0 Å². The molecule has 0 rings (SSSR count). The highest BCUT2D eigenvalue weighted by Gasteiger charge is 2.03. The maximum Gasteiger partial charge on any atom is 0.508 e. The van der Waals surface area contributed by atoms with Gasteiger partial charge in [-0.05, 0) is 44.9 Å². The maximum absolute atomic E-state index is 11.5. The zero-order valence-electron chi connectivity index (χ0n) is 20.2. The number of rotatable bonds is 22. The summed E-state index contributed by atoms with van der Waals surface area (Å²) in [6.07, 6.45) is 30.5. The molecule has 3 heteroatoms. The Bertz CT molecular complexity index is 401. The predicted molar refractivity (Wildman–Crippen MR) is 130 cm³/mol. The van der Waals surface area contributed by atoms with Crippen molar-refractivity contribution in [2.75, 3.05) is 13.2 Å². The van der Waals surface area contributed by atoms with Gasteiger partial charge in [-0.2, -0.15) is 0 Å². The summed E-state index contributed by atoms with van der Waals surface area (Å²) in [4.78, 5) is 11.5. The molecule has 0 N–H and O–H groups in total. The lowest BCUT2D eigenvalue weighted by Gasteiger charge is -2.06. The summed E-state index contributed by atoms with van der Waals surface area (Å²) in [6.45, 7) is 5.45. The molecule has 176 valence electrons. The van der Waals surface area contributed by atoms with Crippen molar-refractivity contribution in [1.29, 1.82) is 0 Å². The minimum atomic E-state index is -0.494. The molecule has 0 aromatic heterocycles. The van der Waals surface area contributed by atoms with Gasteiger partial charge in [-0.1, -0.05) is 109 Å². The van der Waals surface area contributed by atoms with Crippen LogP contribution in [0.2, 0.25) is 0 Å². The fourth-order valence-electron chi connectivity index (χ4n) is 3.33. The largest absolute Gasteiger partial charge is 0.508 e.